The highest BCUT2D eigenvalue weighted by molar-refractivity contribution is 5.77. The summed E-state index contributed by atoms with van der Waals surface area (Å²) in [7, 11) is 1.92. The van der Waals surface area contributed by atoms with E-state index < -0.39 is 5.97 Å². The van der Waals surface area contributed by atoms with Crippen LogP contribution in [0.2, 0.25) is 0 Å². The molecule has 1 atom stereocenters. The first kappa shape index (κ1) is 14.0. The third-order valence-corrected chi connectivity index (χ3v) is 3.15. The van der Waals surface area contributed by atoms with Crippen molar-refractivity contribution in [2.45, 2.75) is 32.1 Å². The molecule has 0 aromatic heterocycles. The second-order valence-electron chi connectivity index (χ2n) is 4.65. The Morgan fingerprint density at radius 3 is 2.82 bits per heavy atom. The van der Waals surface area contributed by atoms with Crippen LogP contribution in [-0.4, -0.2) is 48.6 Å². The van der Waals surface area contributed by atoms with Crippen LogP contribution in [-0.2, 0) is 9.59 Å². The van der Waals surface area contributed by atoms with Gasteiger partial charge in [0.1, 0.15) is 0 Å². The van der Waals surface area contributed by atoms with Gasteiger partial charge in [-0.3, -0.25) is 9.59 Å². The van der Waals surface area contributed by atoms with Gasteiger partial charge in [-0.2, -0.15) is 0 Å². The van der Waals surface area contributed by atoms with Crippen molar-refractivity contribution in [2.75, 3.05) is 26.7 Å². The molecule has 1 fully saturated rings. The molecule has 0 saturated carbocycles. The number of carboxylic acids is 1. The van der Waals surface area contributed by atoms with Crippen LogP contribution >= 0.6 is 0 Å². The van der Waals surface area contributed by atoms with Crippen LogP contribution < -0.4 is 5.32 Å². The number of piperidine rings is 1. The molecular weight excluding hydrogens is 220 g/mol. The number of carboxylic acid groups (broad SMARTS) is 1. The van der Waals surface area contributed by atoms with E-state index in [1.165, 1.54) is 6.42 Å². The van der Waals surface area contributed by atoms with Gasteiger partial charge in [0.05, 0.1) is 0 Å². The summed E-state index contributed by atoms with van der Waals surface area (Å²) >= 11 is 0. The minimum absolute atomic E-state index is 0.0829. The lowest BCUT2D eigenvalue weighted by Gasteiger charge is -2.32. The van der Waals surface area contributed by atoms with Gasteiger partial charge in [-0.25, -0.2) is 0 Å². The van der Waals surface area contributed by atoms with Gasteiger partial charge in [0.25, 0.3) is 0 Å². The molecule has 5 heteroatoms. The summed E-state index contributed by atoms with van der Waals surface area (Å²) in [6.45, 7) is 2.58. The molecule has 2 N–H and O–H groups in total. The Morgan fingerprint density at radius 1 is 1.41 bits per heavy atom. The fourth-order valence-electron chi connectivity index (χ4n) is 2.30. The number of nitrogens with one attached hydrogen (secondary N) is 1. The van der Waals surface area contributed by atoms with Crippen molar-refractivity contribution in [1.29, 1.82) is 0 Å². The number of hydrogen-bond donors (Lipinski definition) is 2. The van der Waals surface area contributed by atoms with Gasteiger partial charge in [-0.15, -0.1) is 0 Å². The third kappa shape index (κ3) is 5.17. The van der Waals surface area contributed by atoms with E-state index in [0.717, 1.165) is 26.1 Å². The van der Waals surface area contributed by atoms with Crippen LogP contribution in [0.15, 0.2) is 0 Å². The van der Waals surface area contributed by atoms with Crippen LogP contribution in [0, 0.1) is 5.92 Å². The predicted octanol–water partition coefficient (Wildman–Crippen LogP) is 0.699. The van der Waals surface area contributed by atoms with E-state index in [4.69, 9.17) is 5.11 Å². The number of hydrogen-bond acceptors (Lipinski definition) is 3. The molecule has 0 spiro atoms. The van der Waals surface area contributed by atoms with E-state index in [1.807, 2.05) is 11.9 Å². The molecule has 0 aliphatic carbocycles. The largest absolute Gasteiger partial charge is 0.481 e. The lowest BCUT2D eigenvalue weighted by Crippen LogP contribution is -2.42. The minimum atomic E-state index is -0.829. The molecule has 1 aliphatic rings. The Bertz CT molecular complexity index is 266. The molecule has 1 amide bonds. The third-order valence-electron chi connectivity index (χ3n) is 3.15. The summed E-state index contributed by atoms with van der Waals surface area (Å²) < 4.78 is 0. The molecule has 0 aromatic carbocycles. The van der Waals surface area contributed by atoms with Crippen molar-refractivity contribution in [3.05, 3.63) is 0 Å². The smallest absolute Gasteiger partial charge is 0.303 e. The normalized spacial score (nSPS) is 20.3. The van der Waals surface area contributed by atoms with E-state index in [9.17, 15) is 9.59 Å². The van der Waals surface area contributed by atoms with E-state index in [0.29, 0.717) is 18.8 Å². The first-order valence-corrected chi connectivity index (χ1v) is 6.27. The Kier molecular flexibility index (Phi) is 5.97. The van der Waals surface area contributed by atoms with Gasteiger partial charge in [-0.1, -0.05) is 0 Å². The summed E-state index contributed by atoms with van der Waals surface area (Å²) in [4.78, 5) is 24.1. The molecule has 17 heavy (non-hydrogen) atoms. The number of carbonyl (C=O) groups is 2. The molecule has 0 bridgehead atoms. The van der Waals surface area contributed by atoms with Gasteiger partial charge in [0.2, 0.25) is 5.91 Å². The predicted molar refractivity (Wildman–Crippen MR) is 64.7 cm³/mol. The van der Waals surface area contributed by atoms with Crippen LogP contribution in [0.25, 0.3) is 0 Å². The maximum atomic E-state index is 11.8. The summed E-state index contributed by atoms with van der Waals surface area (Å²) in [5.41, 5.74) is 0. The molecule has 1 unspecified atom stereocenters. The monoisotopic (exact) mass is 242 g/mol. The van der Waals surface area contributed by atoms with E-state index >= 15 is 0 Å². The van der Waals surface area contributed by atoms with Gasteiger partial charge < -0.3 is 15.3 Å². The fourth-order valence-corrected chi connectivity index (χ4v) is 2.30. The SMILES string of the molecule is CNCC1CCCN(C(=O)CCCC(=O)O)C1. The highest BCUT2D eigenvalue weighted by Gasteiger charge is 2.22. The van der Waals surface area contributed by atoms with Crippen molar-refractivity contribution in [3.63, 3.8) is 0 Å². The maximum Gasteiger partial charge on any atom is 0.303 e. The number of carbonyl (C=O) groups excluding carboxylic acids is 1. The average Bonchev–Trinajstić information content (AvgIpc) is 2.29. The Balaban J connectivity index is 2.28. The molecule has 1 aliphatic heterocycles. The van der Waals surface area contributed by atoms with E-state index in [2.05, 4.69) is 5.32 Å². The van der Waals surface area contributed by atoms with E-state index in [1.54, 1.807) is 0 Å². The number of aliphatic carboxylic acids is 1. The highest BCUT2D eigenvalue weighted by Crippen LogP contribution is 2.17. The van der Waals surface area contributed by atoms with E-state index in [-0.39, 0.29) is 12.3 Å². The lowest BCUT2D eigenvalue weighted by molar-refractivity contribution is -0.137. The van der Waals surface area contributed by atoms with Crippen LogP contribution in [0.5, 0.6) is 0 Å². The summed E-state index contributed by atoms with van der Waals surface area (Å²) in [5, 5.41) is 11.7. The van der Waals surface area contributed by atoms with Gasteiger partial charge in [-0.05, 0) is 38.8 Å². The highest BCUT2D eigenvalue weighted by atomic mass is 16.4. The fraction of sp³-hybridized carbons (Fsp3) is 0.833. The number of nitrogens with zero attached hydrogens (tertiary/aromatic N) is 1. The zero-order valence-corrected chi connectivity index (χ0v) is 10.4. The second-order valence-corrected chi connectivity index (χ2v) is 4.65. The molecule has 1 heterocycles. The quantitative estimate of drug-likeness (QED) is 0.719. The summed E-state index contributed by atoms with van der Waals surface area (Å²) in [6, 6.07) is 0. The molecule has 98 valence electrons. The number of amides is 1. The standard InChI is InChI=1S/C12H22N2O3/c1-13-8-10-4-3-7-14(9-10)11(15)5-2-6-12(16)17/h10,13H,2-9H2,1H3,(H,16,17). The van der Waals surface area contributed by atoms with Crippen molar-refractivity contribution in [2.24, 2.45) is 5.92 Å². The molecule has 0 aromatic rings. The number of likely N-dealkylation sites (tertiary alicyclic amines) is 1. The molecule has 1 rings (SSSR count). The minimum Gasteiger partial charge on any atom is -0.481 e. The average molecular weight is 242 g/mol. The lowest BCUT2D eigenvalue weighted by atomic mass is 9.97. The van der Waals surface area contributed by atoms with Crippen LogP contribution in [0.3, 0.4) is 0 Å². The molecule has 5 nitrogen and oxygen atoms in total. The molecular formula is C12H22N2O3. The summed E-state index contributed by atoms with van der Waals surface area (Å²) in [5.74, 6) is -0.186. The topological polar surface area (TPSA) is 69.6 Å². The summed E-state index contributed by atoms with van der Waals surface area (Å²) in [6.07, 6.45) is 3.11. The van der Waals surface area contributed by atoms with Gasteiger partial charge in [0, 0.05) is 25.9 Å². The van der Waals surface area contributed by atoms with Crippen molar-refractivity contribution < 1.29 is 14.7 Å². The zero-order valence-electron chi connectivity index (χ0n) is 10.4. The van der Waals surface area contributed by atoms with Crippen molar-refractivity contribution in [3.8, 4) is 0 Å². The Hall–Kier alpha value is -1.10. The number of rotatable bonds is 6. The molecule has 1 saturated heterocycles. The van der Waals surface area contributed by atoms with Gasteiger partial charge >= 0.3 is 5.97 Å². The first-order chi connectivity index (χ1) is 8.13. The van der Waals surface area contributed by atoms with Crippen LogP contribution in [0.4, 0.5) is 0 Å². The Morgan fingerprint density at radius 2 is 2.18 bits per heavy atom. The zero-order chi connectivity index (χ0) is 12.7. The van der Waals surface area contributed by atoms with Crippen molar-refractivity contribution >= 4 is 11.9 Å². The molecule has 0 radical (unpaired) electrons. The van der Waals surface area contributed by atoms with Crippen molar-refractivity contribution in [1.82, 2.24) is 10.2 Å². The second kappa shape index (κ2) is 7.27. The Labute approximate surface area is 102 Å². The first-order valence-electron chi connectivity index (χ1n) is 6.27. The van der Waals surface area contributed by atoms with Crippen LogP contribution in [0.1, 0.15) is 32.1 Å². The van der Waals surface area contributed by atoms with Gasteiger partial charge in [0.15, 0.2) is 0 Å². The maximum absolute atomic E-state index is 11.8.